The monoisotopic (exact) mass is 177 g/mol. The van der Waals surface area contributed by atoms with E-state index in [1.54, 1.807) is 24.3 Å². The van der Waals surface area contributed by atoms with Crippen LogP contribution in [-0.2, 0) is 0 Å². The molecule has 0 aromatic heterocycles. The quantitative estimate of drug-likeness (QED) is 0.569. The predicted molar refractivity (Wildman–Crippen MR) is 54.6 cm³/mol. The molecule has 0 aliphatic heterocycles. The van der Waals surface area contributed by atoms with Crippen molar-refractivity contribution in [3.63, 3.8) is 0 Å². The molecule has 0 radical (unpaired) electrons. The van der Waals surface area contributed by atoms with Gasteiger partial charge in [0, 0.05) is 17.2 Å². The van der Waals surface area contributed by atoms with Crippen LogP contribution in [0.3, 0.4) is 0 Å². The number of nitrogens with two attached hydrogens (primary N) is 1. The topological polar surface area (TPSA) is 43.1 Å². The molecule has 2 nitrogen and oxygen atoms in total. The molecule has 1 unspecified atom stereocenters. The molecule has 0 amide bonds. The van der Waals surface area contributed by atoms with Crippen LogP contribution in [0.4, 0.5) is 5.69 Å². The normalized spacial score (nSPS) is 12.5. The van der Waals surface area contributed by atoms with E-state index in [1.165, 1.54) is 0 Å². The van der Waals surface area contributed by atoms with E-state index in [9.17, 15) is 4.79 Å². The molecule has 0 bridgehead atoms. The summed E-state index contributed by atoms with van der Waals surface area (Å²) in [5.74, 6) is 0.297. The minimum absolute atomic E-state index is 0.101. The van der Waals surface area contributed by atoms with Gasteiger partial charge in [-0.2, -0.15) is 0 Å². The highest BCUT2D eigenvalue weighted by molar-refractivity contribution is 5.97. The van der Waals surface area contributed by atoms with Gasteiger partial charge in [0.1, 0.15) is 0 Å². The van der Waals surface area contributed by atoms with Crippen LogP contribution in [0.25, 0.3) is 0 Å². The molecule has 0 spiro atoms. The summed E-state index contributed by atoms with van der Waals surface area (Å²) in [6, 6.07) is 7.08. The van der Waals surface area contributed by atoms with E-state index in [2.05, 4.69) is 0 Å². The minimum Gasteiger partial charge on any atom is -0.399 e. The van der Waals surface area contributed by atoms with Crippen molar-refractivity contribution in [2.75, 3.05) is 5.73 Å². The summed E-state index contributed by atoms with van der Waals surface area (Å²) >= 11 is 0. The molecule has 1 atom stereocenters. The van der Waals surface area contributed by atoms with Gasteiger partial charge in [0.25, 0.3) is 0 Å². The molecule has 0 saturated carbocycles. The zero-order chi connectivity index (χ0) is 9.84. The molecule has 1 aromatic rings. The molecule has 1 aromatic carbocycles. The third kappa shape index (κ3) is 2.31. The number of carbonyl (C=O) groups is 1. The molecular weight excluding hydrogens is 162 g/mol. The summed E-state index contributed by atoms with van der Waals surface area (Å²) in [5.41, 5.74) is 6.97. The number of hydrogen-bond donors (Lipinski definition) is 1. The molecular formula is C11H15NO. The number of hydrogen-bond acceptors (Lipinski definition) is 2. The first-order valence-corrected chi connectivity index (χ1v) is 4.55. The van der Waals surface area contributed by atoms with Crippen LogP contribution >= 0.6 is 0 Å². The van der Waals surface area contributed by atoms with E-state index >= 15 is 0 Å². The van der Waals surface area contributed by atoms with Crippen molar-refractivity contribution in [3.05, 3.63) is 29.8 Å². The molecule has 13 heavy (non-hydrogen) atoms. The summed E-state index contributed by atoms with van der Waals surface area (Å²) in [4.78, 5) is 11.6. The van der Waals surface area contributed by atoms with Gasteiger partial charge < -0.3 is 5.73 Å². The number of benzene rings is 1. The molecule has 2 heteroatoms. The number of carbonyl (C=O) groups excluding carboxylic acids is 1. The van der Waals surface area contributed by atoms with E-state index in [4.69, 9.17) is 5.73 Å². The van der Waals surface area contributed by atoms with Crippen LogP contribution in [0.1, 0.15) is 30.6 Å². The Kier molecular flexibility index (Phi) is 3.07. The third-order valence-corrected chi connectivity index (χ3v) is 2.26. The van der Waals surface area contributed by atoms with Crippen molar-refractivity contribution < 1.29 is 4.79 Å². The first-order valence-electron chi connectivity index (χ1n) is 4.55. The highest BCUT2D eigenvalue weighted by Gasteiger charge is 2.12. The lowest BCUT2D eigenvalue weighted by Gasteiger charge is -2.06. The lowest BCUT2D eigenvalue weighted by Crippen LogP contribution is -2.09. The maximum Gasteiger partial charge on any atom is 0.165 e. The molecule has 1 rings (SSSR count). The number of anilines is 1. The van der Waals surface area contributed by atoms with Crippen LogP contribution in [0, 0.1) is 5.92 Å². The van der Waals surface area contributed by atoms with Crippen LogP contribution < -0.4 is 5.73 Å². The van der Waals surface area contributed by atoms with Crippen molar-refractivity contribution in [2.24, 2.45) is 5.92 Å². The Morgan fingerprint density at radius 1 is 1.38 bits per heavy atom. The Labute approximate surface area is 78.8 Å². The molecule has 0 heterocycles. The number of rotatable bonds is 3. The van der Waals surface area contributed by atoms with E-state index in [-0.39, 0.29) is 11.7 Å². The smallest absolute Gasteiger partial charge is 0.165 e. The fourth-order valence-corrected chi connectivity index (χ4v) is 1.12. The Hall–Kier alpha value is -1.31. The summed E-state index contributed by atoms with van der Waals surface area (Å²) in [6.45, 7) is 3.96. The molecule has 0 fully saturated rings. The van der Waals surface area contributed by atoms with Crippen molar-refractivity contribution in [1.29, 1.82) is 0 Å². The van der Waals surface area contributed by atoms with E-state index < -0.39 is 0 Å². The van der Waals surface area contributed by atoms with Crippen LogP contribution in [-0.4, -0.2) is 5.78 Å². The number of Topliss-reactive ketones (excluding diaryl/α,β-unsaturated/α-hetero) is 1. The van der Waals surface area contributed by atoms with Crippen LogP contribution in [0.5, 0.6) is 0 Å². The van der Waals surface area contributed by atoms with Crippen LogP contribution in [0.2, 0.25) is 0 Å². The van der Waals surface area contributed by atoms with Crippen molar-refractivity contribution in [2.45, 2.75) is 20.3 Å². The number of nitrogen functional groups attached to an aromatic ring is 1. The van der Waals surface area contributed by atoms with Crippen molar-refractivity contribution >= 4 is 11.5 Å². The lowest BCUT2D eigenvalue weighted by atomic mass is 9.97. The predicted octanol–water partition coefficient (Wildman–Crippen LogP) is 2.50. The van der Waals surface area contributed by atoms with Gasteiger partial charge in [-0.25, -0.2) is 0 Å². The minimum atomic E-state index is 0.101. The standard InChI is InChI=1S/C11H15NO/c1-3-8(2)11(13)9-4-6-10(12)7-5-9/h4-8H,3,12H2,1-2H3. The van der Waals surface area contributed by atoms with E-state index in [0.717, 1.165) is 12.0 Å². The SMILES string of the molecule is CCC(C)C(=O)c1ccc(N)cc1. The molecule has 0 saturated heterocycles. The molecule has 70 valence electrons. The van der Waals surface area contributed by atoms with Gasteiger partial charge in [-0.1, -0.05) is 13.8 Å². The van der Waals surface area contributed by atoms with Gasteiger partial charge in [-0.05, 0) is 30.7 Å². The van der Waals surface area contributed by atoms with E-state index in [1.807, 2.05) is 13.8 Å². The van der Waals surface area contributed by atoms with Gasteiger partial charge in [-0.3, -0.25) is 4.79 Å². The second-order valence-electron chi connectivity index (χ2n) is 3.30. The van der Waals surface area contributed by atoms with Gasteiger partial charge >= 0.3 is 0 Å². The molecule has 2 N–H and O–H groups in total. The van der Waals surface area contributed by atoms with Crippen LogP contribution in [0.15, 0.2) is 24.3 Å². The lowest BCUT2D eigenvalue weighted by molar-refractivity contribution is 0.0927. The fourth-order valence-electron chi connectivity index (χ4n) is 1.12. The summed E-state index contributed by atoms with van der Waals surface area (Å²) < 4.78 is 0. The fraction of sp³-hybridized carbons (Fsp3) is 0.364. The third-order valence-electron chi connectivity index (χ3n) is 2.26. The Bertz CT molecular complexity index is 289. The molecule has 0 aliphatic rings. The van der Waals surface area contributed by atoms with Crippen molar-refractivity contribution in [3.8, 4) is 0 Å². The first kappa shape index (κ1) is 9.78. The van der Waals surface area contributed by atoms with Gasteiger partial charge in [0.2, 0.25) is 0 Å². The molecule has 0 aliphatic carbocycles. The Balaban J connectivity index is 2.83. The van der Waals surface area contributed by atoms with Gasteiger partial charge in [0.05, 0.1) is 0 Å². The summed E-state index contributed by atoms with van der Waals surface area (Å²) in [6.07, 6.45) is 0.878. The highest BCUT2D eigenvalue weighted by atomic mass is 16.1. The van der Waals surface area contributed by atoms with E-state index in [0.29, 0.717) is 5.69 Å². The maximum atomic E-state index is 11.6. The summed E-state index contributed by atoms with van der Waals surface area (Å²) in [7, 11) is 0. The first-order chi connectivity index (χ1) is 6.15. The Morgan fingerprint density at radius 3 is 2.38 bits per heavy atom. The second-order valence-corrected chi connectivity index (χ2v) is 3.30. The average molecular weight is 177 g/mol. The largest absolute Gasteiger partial charge is 0.399 e. The zero-order valence-corrected chi connectivity index (χ0v) is 8.08. The van der Waals surface area contributed by atoms with Gasteiger partial charge in [-0.15, -0.1) is 0 Å². The summed E-state index contributed by atoms with van der Waals surface area (Å²) in [5, 5.41) is 0. The second kappa shape index (κ2) is 4.08. The average Bonchev–Trinajstić information content (AvgIpc) is 2.17. The zero-order valence-electron chi connectivity index (χ0n) is 8.08. The number of ketones is 1. The van der Waals surface area contributed by atoms with Crippen molar-refractivity contribution in [1.82, 2.24) is 0 Å². The maximum absolute atomic E-state index is 11.6. The highest BCUT2D eigenvalue weighted by Crippen LogP contribution is 2.13. The van der Waals surface area contributed by atoms with Gasteiger partial charge in [0.15, 0.2) is 5.78 Å². The Morgan fingerprint density at radius 2 is 1.92 bits per heavy atom.